The zero-order chi connectivity index (χ0) is 21.8. The number of aliphatic hydroxyl groups is 1. The number of rotatable bonds is 8. The maximum atomic E-state index is 12.9. The van der Waals surface area contributed by atoms with Gasteiger partial charge in [-0.05, 0) is 60.0 Å². The molecule has 1 aliphatic rings. The van der Waals surface area contributed by atoms with Gasteiger partial charge in [0.25, 0.3) is 0 Å². The molecule has 0 spiro atoms. The average molecular weight is 435 g/mol. The van der Waals surface area contributed by atoms with Gasteiger partial charge in [0, 0.05) is 22.6 Å². The van der Waals surface area contributed by atoms with Crippen LogP contribution in [0.15, 0.2) is 66.0 Å². The van der Waals surface area contributed by atoms with E-state index in [1.54, 1.807) is 0 Å². The predicted octanol–water partition coefficient (Wildman–Crippen LogP) is 6.37. The topological polar surface area (TPSA) is 46.5 Å². The molecule has 0 amide bonds. The molecule has 0 aliphatic heterocycles. The summed E-state index contributed by atoms with van der Waals surface area (Å²) >= 11 is 1.26. The van der Waals surface area contributed by atoms with Crippen LogP contribution in [0.1, 0.15) is 44.6 Å². The molecule has 4 rings (SSSR count). The second-order valence-corrected chi connectivity index (χ2v) is 9.50. The van der Waals surface area contributed by atoms with Gasteiger partial charge in [0.1, 0.15) is 11.9 Å². The lowest BCUT2D eigenvalue weighted by atomic mass is 10.0. The van der Waals surface area contributed by atoms with E-state index in [2.05, 4.69) is 37.8 Å². The Kier molecular flexibility index (Phi) is 6.89. The second-order valence-electron chi connectivity index (χ2n) is 8.48. The van der Waals surface area contributed by atoms with Crippen LogP contribution in [0.25, 0.3) is 21.2 Å². The van der Waals surface area contributed by atoms with Gasteiger partial charge in [-0.1, -0.05) is 61.4 Å². The highest BCUT2D eigenvalue weighted by Gasteiger charge is 2.32. The van der Waals surface area contributed by atoms with Crippen molar-refractivity contribution in [3.63, 3.8) is 0 Å². The molecule has 162 valence electrons. The van der Waals surface area contributed by atoms with Gasteiger partial charge in [-0.2, -0.15) is 0 Å². The van der Waals surface area contributed by atoms with Crippen LogP contribution in [0.4, 0.5) is 0 Å². The Morgan fingerprint density at radius 1 is 1.13 bits per heavy atom. The van der Waals surface area contributed by atoms with Gasteiger partial charge in [-0.15, -0.1) is 6.58 Å². The van der Waals surface area contributed by atoms with E-state index in [1.165, 1.54) is 36.2 Å². The largest absolute Gasteiger partial charge is 0.490 e. The molecule has 1 aromatic heterocycles. The Balaban J connectivity index is 1.54. The molecule has 1 saturated carbocycles. The second kappa shape index (κ2) is 9.80. The molecule has 3 aromatic rings. The molecule has 1 N–H and O–H groups in total. The summed E-state index contributed by atoms with van der Waals surface area (Å²) in [5.41, 5.74) is 3.04. The zero-order valence-electron chi connectivity index (χ0n) is 18.0. The first-order valence-corrected chi connectivity index (χ1v) is 12.0. The van der Waals surface area contributed by atoms with Crippen molar-refractivity contribution in [1.29, 1.82) is 0 Å². The number of benzene rings is 2. The molecule has 3 nitrogen and oxygen atoms in total. The Morgan fingerprint density at radius 3 is 2.68 bits per heavy atom. The normalized spacial score (nSPS) is 20.8. The van der Waals surface area contributed by atoms with E-state index in [0.29, 0.717) is 12.8 Å². The van der Waals surface area contributed by atoms with Gasteiger partial charge in [0.05, 0.1) is 6.10 Å². The fourth-order valence-corrected chi connectivity index (χ4v) is 5.27. The van der Waals surface area contributed by atoms with Crippen molar-refractivity contribution in [3.8, 4) is 16.9 Å². The molecule has 4 heteroatoms. The van der Waals surface area contributed by atoms with Crippen LogP contribution >= 0.6 is 11.3 Å². The Labute approximate surface area is 188 Å². The first-order valence-electron chi connectivity index (χ1n) is 11.2. The quantitative estimate of drug-likeness (QED) is 0.331. The monoisotopic (exact) mass is 434 g/mol. The van der Waals surface area contributed by atoms with Gasteiger partial charge in [0.2, 0.25) is 4.74 Å². The summed E-state index contributed by atoms with van der Waals surface area (Å²) in [5, 5.41) is 11.0. The van der Waals surface area contributed by atoms with Crippen LogP contribution in [0.3, 0.4) is 0 Å². The van der Waals surface area contributed by atoms with E-state index in [1.807, 2.05) is 30.3 Å². The van der Waals surface area contributed by atoms with Crippen LogP contribution in [-0.2, 0) is 6.42 Å². The van der Waals surface area contributed by atoms with E-state index < -0.39 is 0 Å². The van der Waals surface area contributed by atoms with Gasteiger partial charge >= 0.3 is 0 Å². The summed E-state index contributed by atoms with van der Waals surface area (Å²) < 4.78 is 7.11. The van der Waals surface area contributed by atoms with Crippen molar-refractivity contribution < 1.29 is 9.84 Å². The van der Waals surface area contributed by atoms with Crippen molar-refractivity contribution in [2.75, 3.05) is 0 Å². The minimum absolute atomic E-state index is 0.0589. The summed E-state index contributed by atoms with van der Waals surface area (Å²) in [6.45, 7) is 6.08. The Bertz CT molecular complexity index is 1100. The number of ether oxygens (including phenoxy) is 1. The number of hydrogen-bond acceptors (Lipinski definition) is 4. The fourth-order valence-electron chi connectivity index (χ4n) is 4.36. The van der Waals surface area contributed by atoms with E-state index in [9.17, 15) is 9.90 Å². The lowest BCUT2D eigenvalue weighted by Crippen LogP contribution is -2.20. The number of aryl methyl sites for hydroxylation is 1. The van der Waals surface area contributed by atoms with Crippen LogP contribution < -0.4 is 9.48 Å². The summed E-state index contributed by atoms with van der Waals surface area (Å²) in [6.07, 6.45) is 7.52. The molecule has 3 unspecified atom stereocenters. The first-order chi connectivity index (χ1) is 15.1. The molecular formula is C27H30O3S. The van der Waals surface area contributed by atoms with Gasteiger partial charge < -0.3 is 9.84 Å². The van der Waals surface area contributed by atoms with Crippen molar-refractivity contribution in [2.24, 2.45) is 5.92 Å². The molecule has 0 saturated heterocycles. The van der Waals surface area contributed by atoms with Crippen LogP contribution in [0, 0.1) is 5.92 Å². The Morgan fingerprint density at radius 2 is 1.94 bits per heavy atom. The SMILES string of the molecule is C=CC1CC(O)CC1Oc1ccc2cc(-c3ccc(CCCCC)cc3)c(=O)sc2c1. The highest BCUT2D eigenvalue weighted by molar-refractivity contribution is 7.16. The molecule has 3 atom stereocenters. The van der Waals surface area contributed by atoms with Crippen LogP contribution in [0.5, 0.6) is 5.75 Å². The summed E-state index contributed by atoms with van der Waals surface area (Å²) in [5.74, 6) is 0.884. The summed E-state index contributed by atoms with van der Waals surface area (Å²) in [4.78, 5) is 12.9. The van der Waals surface area contributed by atoms with Crippen LogP contribution in [0.2, 0.25) is 0 Å². The molecule has 0 radical (unpaired) electrons. The van der Waals surface area contributed by atoms with E-state index in [0.717, 1.165) is 33.4 Å². The number of fused-ring (bicyclic) bond motifs is 1. The van der Waals surface area contributed by atoms with Crippen molar-refractivity contribution in [1.82, 2.24) is 0 Å². The lowest BCUT2D eigenvalue weighted by Gasteiger charge is -2.18. The maximum Gasteiger partial charge on any atom is 0.240 e. The molecule has 31 heavy (non-hydrogen) atoms. The van der Waals surface area contributed by atoms with Gasteiger partial charge in [0.15, 0.2) is 0 Å². The van der Waals surface area contributed by atoms with Crippen molar-refractivity contribution in [2.45, 2.75) is 57.7 Å². The van der Waals surface area contributed by atoms with Crippen molar-refractivity contribution in [3.05, 3.63) is 76.3 Å². The number of unbranched alkanes of at least 4 members (excludes halogenated alkanes) is 2. The zero-order valence-corrected chi connectivity index (χ0v) is 18.9. The molecular weight excluding hydrogens is 404 g/mol. The molecule has 1 heterocycles. The predicted molar refractivity (Wildman–Crippen MR) is 130 cm³/mol. The third-order valence-corrected chi connectivity index (χ3v) is 7.14. The maximum absolute atomic E-state index is 12.9. The Hall–Kier alpha value is -2.43. The highest BCUT2D eigenvalue weighted by atomic mass is 32.1. The number of hydrogen-bond donors (Lipinski definition) is 1. The van der Waals surface area contributed by atoms with E-state index >= 15 is 0 Å². The minimum atomic E-state index is -0.342. The third-order valence-electron chi connectivity index (χ3n) is 6.16. The minimum Gasteiger partial charge on any atom is -0.490 e. The standard InChI is InChI=1S/C27H30O3S/c1-3-5-6-7-18-8-10-20(11-9-18)24-15-21-12-13-23(17-26(21)31-27(24)29)30-25-16-22(28)14-19(25)4-2/h4,8-13,15,17,19,22,25,28H,2-3,5-7,14,16H2,1H3. The highest BCUT2D eigenvalue weighted by Crippen LogP contribution is 2.33. The first kappa shape index (κ1) is 21.8. The summed E-state index contributed by atoms with van der Waals surface area (Å²) in [6, 6.07) is 16.3. The smallest absolute Gasteiger partial charge is 0.240 e. The van der Waals surface area contributed by atoms with Crippen LogP contribution in [-0.4, -0.2) is 17.3 Å². The fraction of sp³-hybridized carbons (Fsp3) is 0.370. The average Bonchev–Trinajstić information content (AvgIpc) is 3.13. The summed E-state index contributed by atoms with van der Waals surface area (Å²) in [7, 11) is 0. The van der Waals surface area contributed by atoms with Gasteiger partial charge in [-0.3, -0.25) is 4.79 Å². The molecule has 1 aliphatic carbocycles. The molecule has 1 fully saturated rings. The van der Waals surface area contributed by atoms with E-state index in [-0.39, 0.29) is 22.9 Å². The third kappa shape index (κ3) is 5.08. The number of aliphatic hydroxyl groups excluding tert-OH is 1. The van der Waals surface area contributed by atoms with Gasteiger partial charge in [-0.25, -0.2) is 0 Å². The molecule has 0 bridgehead atoms. The molecule has 2 aromatic carbocycles. The lowest BCUT2D eigenvalue weighted by molar-refractivity contribution is 0.146. The van der Waals surface area contributed by atoms with Crippen molar-refractivity contribution >= 4 is 21.4 Å². The van der Waals surface area contributed by atoms with E-state index in [4.69, 9.17) is 4.74 Å².